The Kier molecular flexibility index (Phi) is 3.35. The fourth-order valence-corrected chi connectivity index (χ4v) is 2.74. The van der Waals surface area contributed by atoms with Crippen molar-refractivity contribution in [2.75, 3.05) is 6.26 Å². The summed E-state index contributed by atoms with van der Waals surface area (Å²) in [4.78, 5) is 0.332. The van der Waals surface area contributed by atoms with Gasteiger partial charge in [-0.1, -0.05) is 12.1 Å². The summed E-state index contributed by atoms with van der Waals surface area (Å²) in [5.41, 5.74) is 2.99. The third-order valence-electron chi connectivity index (χ3n) is 3.45. The minimum absolute atomic E-state index is 0.332. The van der Waals surface area contributed by atoms with E-state index in [1.807, 2.05) is 18.3 Å². The van der Waals surface area contributed by atoms with Gasteiger partial charge in [-0.2, -0.15) is 5.10 Å². The number of sulfone groups is 1. The Labute approximate surface area is 118 Å². The summed E-state index contributed by atoms with van der Waals surface area (Å²) in [6.07, 6.45) is 5.52. The van der Waals surface area contributed by atoms with Gasteiger partial charge in [0, 0.05) is 24.4 Å². The lowest BCUT2D eigenvalue weighted by Crippen LogP contribution is -2.15. The van der Waals surface area contributed by atoms with E-state index in [0.717, 1.165) is 23.4 Å². The van der Waals surface area contributed by atoms with Gasteiger partial charge < -0.3 is 5.32 Å². The quantitative estimate of drug-likeness (QED) is 0.880. The molecule has 1 saturated carbocycles. The van der Waals surface area contributed by atoms with Crippen LogP contribution in [0, 0.1) is 0 Å². The molecule has 0 saturated heterocycles. The van der Waals surface area contributed by atoms with Crippen LogP contribution >= 0.6 is 0 Å². The van der Waals surface area contributed by atoms with Crippen LogP contribution in [0.1, 0.15) is 18.4 Å². The van der Waals surface area contributed by atoms with Gasteiger partial charge in [0.1, 0.15) is 0 Å². The number of hydrogen-bond acceptors (Lipinski definition) is 4. The first-order valence-electron chi connectivity index (χ1n) is 6.60. The minimum Gasteiger partial charge on any atom is -0.310 e. The minimum atomic E-state index is -3.15. The fraction of sp³-hybridized carbons (Fsp3) is 0.357. The second kappa shape index (κ2) is 5.03. The molecule has 0 bridgehead atoms. The molecule has 106 valence electrons. The maximum absolute atomic E-state index is 11.5. The van der Waals surface area contributed by atoms with E-state index in [1.165, 1.54) is 19.1 Å². The van der Waals surface area contributed by atoms with Crippen molar-refractivity contribution in [2.24, 2.45) is 0 Å². The van der Waals surface area contributed by atoms with Gasteiger partial charge in [0.05, 0.1) is 16.8 Å². The highest BCUT2D eigenvalue weighted by molar-refractivity contribution is 7.90. The van der Waals surface area contributed by atoms with Gasteiger partial charge in [-0.3, -0.25) is 5.10 Å². The topological polar surface area (TPSA) is 74.8 Å². The molecular weight excluding hydrogens is 274 g/mol. The maximum atomic E-state index is 11.5. The van der Waals surface area contributed by atoms with Crippen LogP contribution in [0.25, 0.3) is 11.3 Å². The van der Waals surface area contributed by atoms with E-state index in [0.29, 0.717) is 10.9 Å². The van der Waals surface area contributed by atoms with E-state index in [4.69, 9.17) is 0 Å². The fourth-order valence-electron chi connectivity index (χ4n) is 2.11. The number of hydrogen-bond donors (Lipinski definition) is 2. The molecule has 6 heteroatoms. The molecule has 1 aliphatic rings. The highest BCUT2D eigenvalue weighted by atomic mass is 32.2. The van der Waals surface area contributed by atoms with Crippen molar-refractivity contribution < 1.29 is 8.42 Å². The monoisotopic (exact) mass is 291 g/mol. The highest BCUT2D eigenvalue weighted by Gasteiger charge is 2.21. The first-order valence-corrected chi connectivity index (χ1v) is 8.49. The summed E-state index contributed by atoms with van der Waals surface area (Å²) in [6, 6.07) is 7.52. The number of aromatic nitrogens is 2. The van der Waals surface area contributed by atoms with Gasteiger partial charge in [-0.15, -0.1) is 0 Å². The Balaban J connectivity index is 1.83. The van der Waals surface area contributed by atoms with Crippen molar-refractivity contribution >= 4 is 9.84 Å². The third kappa shape index (κ3) is 2.91. The zero-order valence-corrected chi connectivity index (χ0v) is 12.1. The van der Waals surface area contributed by atoms with Crippen molar-refractivity contribution in [3.8, 4) is 11.3 Å². The lowest BCUT2D eigenvalue weighted by atomic mass is 10.1. The molecule has 0 unspecified atom stereocenters. The average Bonchev–Trinajstić information content (AvgIpc) is 3.12. The van der Waals surface area contributed by atoms with Gasteiger partial charge in [-0.05, 0) is 30.5 Å². The van der Waals surface area contributed by atoms with Crippen LogP contribution in [0.15, 0.2) is 35.4 Å². The van der Waals surface area contributed by atoms with Crippen molar-refractivity contribution in [3.05, 3.63) is 36.0 Å². The van der Waals surface area contributed by atoms with Crippen LogP contribution in [-0.4, -0.2) is 30.9 Å². The molecule has 0 radical (unpaired) electrons. The Morgan fingerprint density at radius 3 is 2.60 bits per heavy atom. The second-order valence-electron chi connectivity index (χ2n) is 5.22. The Hall–Kier alpha value is -1.66. The standard InChI is InChI=1S/C14H17N3O2S/c1-20(18,19)13-6-2-10(3-7-13)14-11(9-16-17-14)8-15-12-4-5-12/h2-3,6-7,9,12,15H,4-5,8H2,1H3,(H,16,17). The van der Waals surface area contributed by atoms with E-state index in [2.05, 4.69) is 15.5 Å². The normalized spacial score (nSPS) is 15.4. The van der Waals surface area contributed by atoms with Crippen LogP contribution in [-0.2, 0) is 16.4 Å². The van der Waals surface area contributed by atoms with Crippen molar-refractivity contribution in [3.63, 3.8) is 0 Å². The van der Waals surface area contributed by atoms with E-state index < -0.39 is 9.84 Å². The first-order chi connectivity index (χ1) is 9.54. The molecule has 1 heterocycles. The molecule has 0 aliphatic heterocycles. The van der Waals surface area contributed by atoms with Crippen LogP contribution in [0.2, 0.25) is 0 Å². The molecule has 1 aromatic carbocycles. The molecule has 0 atom stereocenters. The van der Waals surface area contributed by atoms with Gasteiger partial charge >= 0.3 is 0 Å². The molecule has 5 nitrogen and oxygen atoms in total. The number of aromatic amines is 1. The summed E-state index contributed by atoms with van der Waals surface area (Å²) in [7, 11) is -3.15. The predicted octanol–water partition coefficient (Wildman–Crippen LogP) is 1.73. The molecule has 0 spiro atoms. The molecule has 1 fully saturated rings. The molecule has 2 aromatic rings. The first kappa shape index (κ1) is 13.3. The zero-order valence-electron chi connectivity index (χ0n) is 11.3. The largest absolute Gasteiger partial charge is 0.310 e. The van der Waals surface area contributed by atoms with E-state index in [1.54, 1.807) is 12.1 Å². The summed E-state index contributed by atoms with van der Waals surface area (Å²) in [5, 5.41) is 10.5. The van der Waals surface area contributed by atoms with E-state index in [9.17, 15) is 8.42 Å². The van der Waals surface area contributed by atoms with Gasteiger partial charge in [-0.25, -0.2) is 8.42 Å². The van der Waals surface area contributed by atoms with Gasteiger partial charge in [0.15, 0.2) is 9.84 Å². The zero-order chi connectivity index (χ0) is 14.2. The van der Waals surface area contributed by atoms with Crippen LogP contribution in [0.5, 0.6) is 0 Å². The van der Waals surface area contributed by atoms with E-state index >= 15 is 0 Å². The molecule has 20 heavy (non-hydrogen) atoms. The smallest absolute Gasteiger partial charge is 0.175 e. The SMILES string of the molecule is CS(=O)(=O)c1ccc(-c2[nH]ncc2CNC2CC2)cc1. The average molecular weight is 291 g/mol. The van der Waals surface area contributed by atoms with Gasteiger partial charge in [0.2, 0.25) is 0 Å². The lowest BCUT2D eigenvalue weighted by Gasteiger charge is -2.05. The molecule has 0 amide bonds. The Morgan fingerprint density at radius 2 is 2.00 bits per heavy atom. The number of benzene rings is 1. The Bertz CT molecular complexity index is 700. The Morgan fingerprint density at radius 1 is 1.30 bits per heavy atom. The van der Waals surface area contributed by atoms with E-state index in [-0.39, 0.29) is 0 Å². The molecule has 2 N–H and O–H groups in total. The molecule has 1 aromatic heterocycles. The van der Waals surface area contributed by atoms with Crippen molar-refractivity contribution in [1.82, 2.24) is 15.5 Å². The van der Waals surface area contributed by atoms with Crippen LogP contribution in [0.4, 0.5) is 0 Å². The highest BCUT2D eigenvalue weighted by Crippen LogP contribution is 2.24. The molecular formula is C14H17N3O2S. The number of nitrogens with one attached hydrogen (secondary N) is 2. The predicted molar refractivity (Wildman–Crippen MR) is 77.0 cm³/mol. The third-order valence-corrected chi connectivity index (χ3v) is 4.58. The number of nitrogens with zero attached hydrogens (tertiary/aromatic N) is 1. The van der Waals surface area contributed by atoms with Crippen LogP contribution in [0.3, 0.4) is 0 Å². The summed E-state index contributed by atoms with van der Waals surface area (Å²) < 4.78 is 22.9. The maximum Gasteiger partial charge on any atom is 0.175 e. The number of rotatable bonds is 5. The number of H-pyrrole nitrogens is 1. The van der Waals surface area contributed by atoms with Gasteiger partial charge in [0.25, 0.3) is 0 Å². The summed E-state index contributed by atoms with van der Waals surface area (Å²) in [6.45, 7) is 0.782. The second-order valence-corrected chi connectivity index (χ2v) is 7.24. The van der Waals surface area contributed by atoms with Crippen molar-refractivity contribution in [2.45, 2.75) is 30.3 Å². The van der Waals surface area contributed by atoms with Crippen LogP contribution < -0.4 is 5.32 Å². The summed E-state index contributed by atoms with van der Waals surface area (Å²) >= 11 is 0. The molecule has 1 aliphatic carbocycles. The summed E-state index contributed by atoms with van der Waals surface area (Å²) in [5.74, 6) is 0. The lowest BCUT2D eigenvalue weighted by molar-refractivity contribution is 0.602. The molecule has 3 rings (SSSR count). The van der Waals surface area contributed by atoms with Crippen molar-refractivity contribution in [1.29, 1.82) is 0 Å².